The molecule has 0 unspecified atom stereocenters. The van der Waals surface area contributed by atoms with Gasteiger partial charge in [-0.15, -0.1) is 0 Å². The summed E-state index contributed by atoms with van der Waals surface area (Å²) in [4.78, 5) is 26.8. The summed E-state index contributed by atoms with van der Waals surface area (Å²) in [6, 6.07) is 29.5. The van der Waals surface area contributed by atoms with Crippen LogP contribution in [0, 0.1) is 5.41 Å². The van der Waals surface area contributed by atoms with Gasteiger partial charge in [0.1, 0.15) is 0 Å². The van der Waals surface area contributed by atoms with Crippen LogP contribution in [0.3, 0.4) is 0 Å². The van der Waals surface area contributed by atoms with Gasteiger partial charge >= 0.3 is 11.9 Å². The lowest BCUT2D eigenvalue weighted by atomic mass is 9.83. The Morgan fingerprint density at radius 1 is 0.676 bits per heavy atom. The Labute approximate surface area is 215 Å². The Morgan fingerprint density at radius 2 is 1.30 bits per heavy atom. The monoisotopic (exact) mass is 488 g/mol. The fraction of sp³-hybridized carbons (Fsp3) is 0.212. The molecule has 0 atom stereocenters. The molecule has 4 heteroatoms. The van der Waals surface area contributed by atoms with Crippen molar-refractivity contribution in [2.24, 2.45) is 5.41 Å². The first-order valence-corrected chi connectivity index (χ1v) is 12.9. The molecule has 0 heterocycles. The zero-order valence-electron chi connectivity index (χ0n) is 21.0. The van der Waals surface area contributed by atoms with E-state index < -0.39 is 17.4 Å². The highest BCUT2D eigenvalue weighted by atomic mass is 16.6. The van der Waals surface area contributed by atoms with E-state index in [1.54, 1.807) is 13.8 Å². The summed E-state index contributed by atoms with van der Waals surface area (Å²) in [5.74, 6) is -1.02. The fourth-order valence-electron chi connectivity index (χ4n) is 5.96. The lowest BCUT2D eigenvalue weighted by Gasteiger charge is -2.24. The summed E-state index contributed by atoms with van der Waals surface area (Å²) in [7, 11) is 0. The van der Waals surface area contributed by atoms with Crippen LogP contribution in [0.2, 0.25) is 0 Å². The largest absolute Gasteiger partial charge is 0.465 e. The van der Waals surface area contributed by atoms with E-state index in [2.05, 4.69) is 60.7 Å². The lowest BCUT2D eigenvalue weighted by molar-refractivity contribution is -0.171. The van der Waals surface area contributed by atoms with Crippen molar-refractivity contribution in [2.45, 2.75) is 26.7 Å². The molecule has 0 saturated heterocycles. The summed E-state index contributed by atoms with van der Waals surface area (Å²) in [5.41, 5.74) is 2.79. The number of hydrogen-bond donors (Lipinski definition) is 0. The maximum atomic E-state index is 13.4. The van der Waals surface area contributed by atoms with Crippen LogP contribution in [0.5, 0.6) is 0 Å². The molecule has 0 bridgehead atoms. The first kappa shape index (κ1) is 23.2. The SMILES string of the molecule is CCOC(=O)C1(C(=O)OCC)Cc2cc3c(ccc4ccccc43)c(-c3cccc4ccccc34)c2C1. The molecule has 0 saturated carbocycles. The van der Waals surface area contributed by atoms with Gasteiger partial charge in [0.2, 0.25) is 0 Å². The molecular weight excluding hydrogens is 460 g/mol. The molecule has 0 amide bonds. The van der Waals surface area contributed by atoms with E-state index >= 15 is 0 Å². The number of esters is 2. The number of carbonyl (C=O) groups is 2. The normalized spacial score (nSPS) is 14.1. The molecule has 4 nitrogen and oxygen atoms in total. The number of rotatable bonds is 5. The van der Waals surface area contributed by atoms with E-state index in [-0.39, 0.29) is 26.1 Å². The molecule has 5 aromatic carbocycles. The predicted molar refractivity (Wildman–Crippen MR) is 148 cm³/mol. The summed E-state index contributed by atoms with van der Waals surface area (Å²) >= 11 is 0. The van der Waals surface area contributed by atoms with Crippen LogP contribution >= 0.6 is 0 Å². The maximum Gasteiger partial charge on any atom is 0.324 e. The Morgan fingerprint density at radius 3 is 2.00 bits per heavy atom. The van der Waals surface area contributed by atoms with Crippen LogP contribution in [0.15, 0.2) is 84.9 Å². The number of hydrogen-bond acceptors (Lipinski definition) is 4. The van der Waals surface area contributed by atoms with Crippen LogP contribution in [-0.4, -0.2) is 25.2 Å². The van der Waals surface area contributed by atoms with Gasteiger partial charge in [0, 0.05) is 6.42 Å². The number of fused-ring (bicyclic) bond motifs is 5. The zero-order chi connectivity index (χ0) is 25.6. The van der Waals surface area contributed by atoms with Crippen LogP contribution in [0.25, 0.3) is 43.4 Å². The molecule has 1 aliphatic rings. The topological polar surface area (TPSA) is 52.6 Å². The highest BCUT2D eigenvalue weighted by Crippen LogP contribution is 2.48. The van der Waals surface area contributed by atoms with E-state index in [9.17, 15) is 9.59 Å². The van der Waals surface area contributed by atoms with Crippen molar-refractivity contribution in [1.82, 2.24) is 0 Å². The maximum absolute atomic E-state index is 13.4. The van der Waals surface area contributed by atoms with Crippen LogP contribution in [-0.2, 0) is 31.9 Å². The number of benzene rings is 5. The molecule has 37 heavy (non-hydrogen) atoms. The zero-order valence-corrected chi connectivity index (χ0v) is 21.0. The van der Waals surface area contributed by atoms with Crippen molar-refractivity contribution in [1.29, 1.82) is 0 Å². The van der Waals surface area contributed by atoms with Crippen molar-refractivity contribution < 1.29 is 19.1 Å². The fourth-order valence-corrected chi connectivity index (χ4v) is 5.96. The van der Waals surface area contributed by atoms with Crippen LogP contribution in [0.4, 0.5) is 0 Å². The molecular formula is C33H28O4. The summed E-state index contributed by atoms with van der Waals surface area (Å²) < 4.78 is 10.9. The molecule has 5 aromatic rings. The van der Waals surface area contributed by atoms with Gasteiger partial charge in [-0.25, -0.2) is 0 Å². The van der Waals surface area contributed by atoms with E-state index in [0.29, 0.717) is 0 Å². The average molecular weight is 489 g/mol. The molecule has 0 aromatic heterocycles. The third-order valence-corrected chi connectivity index (χ3v) is 7.61. The highest BCUT2D eigenvalue weighted by Gasteiger charge is 2.53. The first-order chi connectivity index (χ1) is 18.1. The average Bonchev–Trinajstić information content (AvgIpc) is 3.32. The molecule has 6 rings (SSSR count). The second-order valence-electron chi connectivity index (χ2n) is 9.67. The minimum atomic E-state index is -1.39. The van der Waals surface area contributed by atoms with Gasteiger partial charge in [0.15, 0.2) is 5.41 Å². The van der Waals surface area contributed by atoms with Gasteiger partial charge in [-0.2, -0.15) is 0 Å². The quantitative estimate of drug-likeness (QED) is 0.151. The van der Waals surface area contributed by atoms with Crippen molar-refractivity contribution in [3.8, 4) is 11.1 Å². The molecule has 0 radical (unpaired) electrons. The minimum absolute atomic E-state index is 0.207. The first-order valence-electron chi connectivity index (χ1n) is 12.9. The smallest absolute Gasteiger partial charge is 0.324 e. The predicted octanol–water partition coefficient (Wildman–Crippen LogP) is 7.02. The second kappa shape index (κ2) is 9.04. The molecule has 0 fully saturated rings. The Bertz CT molecular complexity index is 1670. The van der Waals surface area contributed by atoms with Gasteiger partial charge < -0.3 is 9.47 Å². The summed E-state index contributed by atoms with van der Waals surface area (Å²) in [6.07, 6.45) is 0.512. The molecule has 0 N–H and O–H groups in total. The molecule has 0 spiro atoms. The van der Waals surface area contributed by atoms with E-state index in [0.717, 1.165) is 54.6 Å². The lowest BCUT2D eigenvalue weighted by Crippen LogP contribution is -2.43. The number of carbonyl (C=O) groups excluding carboxylic acids is 2. The van der Waals surface area contributed by atoms with E-state index in [1.165, 1.54) is 0 Å². The molecule has 0 aliphatic heterocycles. The standard InChI is InChI=1S/C33H28O4/c1-3-36-31(34)33(32(35)37-4-2)19-23-18-28-25-14-8-6-11-22(25)16-17-27(28)30(29(23)20-33)26-15-9-12-21-10-5-7-13-24(21)26/h5-18H,3-4,19-20H2,1-2H3. The molecule has 184 valence electrons. The van der Waals surface area contributed by atoms with E-state index in [1.807, 2.05) is 24.3 Å². The van der Waals surface area contributed by atoms with Gasteiger partial charge in [-0.05, 0) is 74.8 Å². The Balaban J connectivity index is 1.70. The Hall–Kier alpha value is -4.18. The van der Waals surface area contributed by atoms with Gasteiger partial charge in [-0.3, -0.25) is 9.59 Å². The second-order valence-corrected chi connectivity index (χ2v) is 9.67. The van der Waals surface area contributed by atoms with Crippen molar-refractivity contribution in [3.05, 3.63) is 96.1 Å². The van der Waals surface area contributed by atoms with Crippen LogP contribution in [0.1, 0.15) is 25.0 Å². The van der Waals surface area contributed by atoms with Crippen molar-refractivity contribution in [3.63, 3.8) is 0 Å². The highest BCUT2D eigenvalue weighted by molar-refractivity contribution is 6.16. The third-order valence-electron chi connectivity index (χ3n) is 7.61. The minimum Gasteiger partial charge on any atom is -0.465 e. The van der Waals surface area contributed by atoms with Crippen molar-refractivity contribution in [2.75, 3.05) is 13.2 Å². The summed E-state index contributed by atoms with van der Waals surface area (Å²) in [5, 5.41) is 6.80. The molecule has 1 aliphatic carbocycles. The third kappa shape index (κ3) is 3.59. The summed E-state index contributed by atoms with van der Waals surface area (Å²) in [6.45, 7) is 3.94. The Kier molecular flexibility index (Phi) is 5.68. The van der Waals surface area contributed by atoms with E-state index in [4.69, 9.17) is 9.47 Å². The number of ether oxygens (including phenoxy) is 2. The van der Waals surface area contributed by atoms with Gasteiger partial charge in [0.05, 0.1) is 13.2 Å². The van der Waals surface area contributed by atoms with Crippen molar-refractivity contribution >= 4 is 44.3 Å². The van der Waals surface area contributed by atoms with Gasteiger partial charge in [-0.1, -0.05) is 84.9 Å². The van der Waals surface area contributed by atoms with Crippen LogP contribution < -0.4 is 0 Å². The van der Waals surface area contributed by atoms with Gasteiger partial charge in [0.25, 0.3) is 0 Å².